The molecule has 0 spiro atoms. The average molecular weight is 286 g/mol. The summed E-state index contributed by atoms with van der Waals surface area (Å²) in [4.78, 5) is 8.86. The molecule has 0 heterocycles. The minimum absolute atomic E-state index is 0.931. The monoisotopic (exact) mass is 286 g/mol. The van der Waals surface area contributed by atoms with E-state index in [2.05, 4.69) is 50.1 Å². The van der Waals surface area contributed by atoms with E-state index in [1.54, 1.807) is 7.05 Å². The Kier molecular flexibility index (Phi) is 11.1. The Bertz CT molecular complexity index is 472. The molecule has 0 fully saturated rings. The van der Waals surface area contributed by atoms with Crippen LogP contribution in [0.2, 0.25) is 0 Å². The molecule has 0 saturated carbocycles. The number of rotatable bonds is 8. The summed E-state index contributed by atoms with van der Waals surface area (Å²) >= 11 is 0. The molecule has 2 nitrogen and oxygen atoms in total. The minimum Gasteiger partial charge on any atom is -0.296 e. The summed E-state index contributed by atoms with van der Waals surface area (Å²) < 4.78 is 0. The SMILES string of the molecule is C\C=C/C(=C(/N=C\CC)C(\C)=C\CCC)C(/C=N\C)=C\C. The number of hydrogen-bond acceptors (Lipinski definition) is 2. The van der Waals surface area contributed by atoms with Gasteiger partial charge in [0.05, 0.1) is 5.70 Å². The van der Waals surface area contributed by atoms with E-state index >= 15 is 0 Å². The molecule has 0 amide bonds. The highest BCUT2D eigenvalue weighted by molar-refractivity contribution is 5.87. The lowest BCUT2D eigenvalue weighted by atomic mass is 9.99. The molecule has 0 aromatic heterocycles. The summed E-state index contributed by atoms with van der Waals surface area (Å²) in [5.74, 6) is 0. The van der Waals surface area contributed by atoms with Crippen LogP contribution in [0.4, 0.5) is 0 Å². The highest BCUT2D eigenvalue weighted by Crippen LogP contribution is 2.23. The summed E-state index contributed by atoms with van der Waals surface area (Å²) in [5.41, 5.74) is 4.48. The first-order valence-corrected chi connectivity index (χ1v) is 7.81. The fourth-order valence-corrected chi connectivity index (χ4v) is 1.94. The van der Waals surface area contributed by atoms with Crippen LogP contribution in [0.25, 0.3) is 0 Å². The molecular weight excluding hydrogens is 256 g/mol. The van der Waals surface area contributed by atoms with E-state index in [9.17, 15) is 0 Å². The second-order valence-electron chi connectivity index (χ2n) is 4.79. The van der Waals surface area contributed by atoms with Gasteiger partial charge in [-0.15, -0.1) is 0 Å². The molecule has 0 unspecified atom stereocenters. The van der Waals surface area contributed by atoms with Gasteiger partial charge in [-0.25, -0.2) is 0 Å². The fraction of sp³-hybridized carbons (Fsp3) is 0.474. The lowest BCUT2D eigenvalue weighted by Crippen LogP contribution is -1.97. The summed E-state index contributed by atoms with van der Waals surface area (Å²) in [5, 5.41) is 0. The predicted octanol–water partition coefficient (Wildman–Crippen LogP) is 5.69. The third-order valence-corrected chi connectivity index (χ3v) is 2.99. The number of unbranched alkanes of at least 4 members (excludes halogenated alkanes) is 1. The number of allylic oxidation sites excluding steroid dienone is 7. The van der Waals surface area contributed by atoms with Crippen molar-refractivity contribution >= 4 is 12.4 Å². The fourth-order valence-electron chi connectivity index (χ4n) is 1.94. The Morgan fingerprint density at radius 1 is 1.14 bits per heavy atom. The first kappa shape index (κ1) is 19.3. The van der Waals surface area contributed by atoms with Gasteiger partial charge in [-0.1, -0.05) is 44.6 Å². The molecule has 0 radical (unpaired) electrons. The molecule has 0 atom stereocenters. The molecule has 0 aromatic rings. The van der Waals surface area contributed by atoms with Gasteiger partial charge in [0, 0.05) is 25.0 Å². The molecular formula is C19H30N2. The minimum atomic E-state index is 0.931. The zero-order valence-corrected chi connectivity index (χ0v) is 14.5. The second kappa shape index (κ2) is 12.1. The van der Waals surface area contributed by atoms with Crippen molar-refractivity contribution in [2.45, 2.75) is 53.9 Å². The Morgan fingerprint density at radius 2 is 1.86 bits per heavy atom. The maximum Gasteiger partial charge on any atom is 0.0730 e. The molecule has 0 aliphatic heterocycles. The van der Waals surface area contributed by atoms with Gasteiger partial charge in [0.15, 0.2) is 0 Å². The molecule has 0 aliphatic carbocycles. The van der Waals surface area contributed by atoms with E-state index in [0.717, 1.165) is 36.1 Å². The largest absolute Gasteiger partial charge is 0.296 e. The van der Waals surface area contributed by atoms with Crippen LogP contribution in [0.1, 0.15) is 53.9 Å². The molecule has 0 aromatic carbocycles. The number of nitrogens with zero attached hydrogens (tertiary/aromatic N) is 2. The van der Waals surface area contributed by atoms with Crippen LogP contribution in [0, 0.1) is 0 Å². The van der Waals surface area contributed by atoms with Crippen molar-refractivity contribution in [1.82, 2.24) is 0 Å². The molecule has 0 aliphatic rings. The lowest BCUT2D eigenvalue weighted by molar-refractivity contribution is 0.948. The van der Waals surface area contributed by atoms with Crippen LogP contribution in [0.5, 0.6) is 0 Å². The Hall–Kier alpha value is -1.70. The van der Waals surface area contributed by atoms with E-state index in [0.29, 0.717) is 0 Å². The smallest absolute Gasteiger partial charge is 0.0730 e. The van der Waals surface area contributed by atoms with Gasteiger partial charge < -0.3 is 0 Å². The van der Waals surface area contributed by atoms with Crippen LogP contribution < -0.4 is 0 Å². The standard InChI is InChI=1S/C19H30N2/c1-7-11-13-16(5)19(21-14-9-3)18(12-8-2)17(10-4)15-20-6/h8,10,12-15H,7,9,11H2,1-6H3/b12-8-,16-13+,17-10-,19-18-,20-15-,21-14-. The third kappa shape index (κ3) is 7.03. The van der Waals surface area contributed by atoms with E-state index in [4.69, 9.17) is 4.99 Å². The molecule has 0 bridgehead atoms. The van der Waals surface area contributed by atoms with E-state index in [-0.39, 0.29) is 0 Å². The first-order valence-electron chi connectivity index (χ1n) is 7.81. The first-order chi connectivity index (χ1) is 10.2. The molecule has 0 N–H and O–H groups in total. The normalized spacial score (nSPS) is 15.5. The quantitative estimate of drug-likeness (QED) is 0.404. The van der Waals surface area contributed by atoms with Crippen LogP contribution in [0.15, 0.2) is 56.7 Å². The van der Waals surface area contributed by atoms with E-state index < -0.39 is 0 Å². The zero-order chi connectivity index (χ0) is 16.1. The topological polar surface area (TPSA) is 24.7 Å². The zero-order valence-electron chi connectivity index (χ0n) is 14.5. The summed E-state index contributed by atoms with van der Waals surface area (Å²) in [6.45, 7) is 10.5. The number of hydrogen-bond donors (Lipinski definition) is 0. The predicted molar refractivity (Wildman–Crippen MR) is 97.5 cm³/mol. The summed E-state index contributed by atoms with van der Waals surface area (Å²) in [7, 11) is 1.80. The highest BCUT2D eigenvalue weighted by atomic mass is 14.7. The highest BCUT2D eigenvalue weighted by Gasteiger charge is 2.08. The van der Waals surface area contributed by atoms with Crippen molar-refractivity contribution in [3.63, 3.8) is 0 Å². The molecule has 116 valence electrons. The Morgan fingerprint density at radius 3 is 2.33 bits per heavy atom. The summed E-state index contributed by atoms with van der Waals surface area (Å²) in [6, 6.07) is 0. The van der Waals surface area contributed by atoms with Crippen molar-refractivity contribution in [3.05, 3.63) is 46.7 Å². The Balaban J connectivity index is 6.10. The van der Waals surface area contributed by atoms with Crippen molar-refractivity contribution in [1.29, 1.82) is 0 Å². The molecule has 2 heteroatoms. The van der Waals surface area contributed by atoms with Gasteiger partial charge in [-0.05, 0) is 44.8 Å². The maximum atomic E-state index is 4.70. The van der Waals surface area contributed by atoms with Crippen LogP contribution >= 0.6 is 0 Å². The molecule has 0 rings (SSSR count). The summed E-state index contributed by atoms with van der Waals surface area (Å²) in [6.07, 6.45) is 15.5. The molecule has 21 heavy (non-hydrogen) atoms. The second-order valence-corrected chi connectivity index (χ2v) is 4.79. The van der Waals surface area contributed by atoms with Crippen molar-refractivity contribution in [2.24, 2.45) is 9.98 Å². The van der Waals surface area contributed by atoms with E-state index in [1.807, 2.05) is 26.3 Å². The van der Waals surface area contributed by atoms with Crippen molar-refractivity contribution in [2.75, 3.05) is 7.05 Å². The third-order valence-electron chi connectivity index (χ3n) is 2.99. The lowest BCUT2D eigenvalue weighted by Gasteiger charge is -2.11. The van der Waals surface area contributed by atoms with Crippen molar-refractivity contribution < 1.29 is 0 Å². The van der Waals surface area contributed by atoms with Gasteiger partial charge in [0.25, 0.3) is 0 Å². The van der Waals surface area contributed by atoms with Crippen LogP contribution in [-0.4, -0.2) is 19.5 Å². The van der Waals surface area contributed by atoms with Gasteiger partial charge in [0.1, 0.15) is 0 Å². The van der Waals surface area contributed by atoms with E-state index in [1.165, 1.54) is 5.57 Å². The Labute approximate surface area is 130 Å². The van der Waals surface area contributed by atoms with Gasteiger partial charge in [-0.2, -0.15) is 0 Å². The average Bonchev–Trinajstić information content (AvgIpc) is 2.49. The maximum absolute atomic E-state index is 4.70. The number of aliphatic imine (C=N–C) groups is 2. The van der Waals surface area contributed by atoms with Crippen LogP contribution in [-0.2, 0) is 0 Å². The van der Waals surface area contributed by atoms with Gasteiger partial charge in [0.2, 0.25) is 0 Å². The molecule has 0 saturated heterocycles. The van der Waals surface area contributed by atoms with Gasteiger partial charge >= 0.3 is 0 Å². The van der Waals surface area contributed by atoms with Crippen molar-refractivity contribution in [3.8, 4) is 0 Å². The van der Waals surface area contributed by atoms with Crippen LogP contribution in [0.3, 0.4) is 0 Å². The van der Waals surface area contributed by atoms with Gasteiger partial charge in [-0.3, -0.25) is 9.98 Å².